The minimum atomic E-state index is -0.702. The molecule has 10 heteroatoms. The summed E-state index contributed by atoms with van der Waals surface area (Å²) in [5.41, 5.74) is 0.471. The Balaban J connectivity index is 1.20. The smallest absolute Gasteiger partial charge is 0.319 e. The standard InChI is InChI=1S/C25H34ClN3O6/c26-23-15-18(5-10-24(23)31)29-25(32)28-12-11-27-16-19(30)17-35-22-8-6-21(7-9-22)34-14-13-33-20-3-1-2-4-20/h5-10,15,19-20,27,30-31H,1-4,11-14,16-17H2,(H2,28,29,32). The Hall–Kier alpha value is -2.72. The van der Waals surface area contributed by atoms with E-state index >= 15 is 0 Å². The van der Waals surface area contributed by atoms with Gasteiger partial charge in [-0.3, -0.25) is 0 Å². The largest absolute Gasteiger partial charge is 0.506 e. The molecule has 2 aromatic rings. The molecule has 2 aromatic carbocycles. The summed E-state index contributed by atoms with van der Waals surface area (Å²) < 4.78 is 17.1. The number of benzene rings is 2. The summed E-state index contributed by atoms with van der Waals surface area (Å²) in [6.07, 6.45) is 4.51. The Bertz CT molecular complexity index is 909. The number of carbonyl (C=O) groups is 1. The number of halogens is 1. The summed E-state index contributed by atoms with van der Waals surface area (Å²) in [5.74, 6) is 1.34. The highest BCUT2D eigenvalue weighted by Gasteiger charge is 2.14. The molecule has 0 radical (unpaired) electrons. The van der Waals surface area contributed by atoms with E-state index in [1.54, 1.807) is 18.2 Å². The molecule has 35 heavy (non-hydrogen) atoms. The molecule has 0 saturated heterocycles. The van der Waals surface area contributed by atoms with Crippen molar-refractivity contribution in [2.75, 3.05) is 44.8 Å². The second kappa shape index (κ2) is 14.6. The zero-order chi connectivity index (χ0) is 24.9. The second-order valence-electron chi connectivity index (χ2n) is 8.31. The molecule has 0 aromatic heterocycles. The fourth-order valence-corrected chi connectivity index (χ4v) is 3.79. The number of aliphatic hydroxyl groups is 1. The van der Waals surface area contributed by atoms with E-state index in [0.717, 1.165) is 18.6 Å². The molecule has 3 rings (SSSR count). The molecule has 1 aliphatic rings. The lowest BCUT2D eigenvalue weighted by molar-refractivity contribution is 0.0382. The van der Waals surface area contributed by atoms with Crippen LogP contribution in [0.3, 0.4) is 0 Å². The van der Waals surface area contributed by atoms with Crippen LogP contribution < -0.4 is 25.4 Å². The first kappa shape index (κ1) is 26.9. The Morgan fingerprint density at radius 1 is 1.03 bits per heavy atom. The number of anilines is 1. The van der Waals surface area contributed by atoms with Crippen molar-refractivity contribution in [3.8, 4) is 17.2 Å². The molecule has 1 atom stereocenters. The number of urea groups is 1. The lowest BCUT2D eigenvalue weighted by Crippen LogP contribution is -2.38. The third-order valence-corrected chi connectivity index (χ3v) is 5.75. The summed E-state index contributed by atoms with van der Waals surface area (Å²) in [6, 6.07) is 11.3. The molecule has 1 unspecified atom stereocenters. The fraction of sp³-hybridized carbons (Fsp3) is 0.480. The molecule has 0 aliphatic heterocycles. The predicted octanol–water partition coefficient (Wildman–Crippen LogP) is 3.53. The van der Waals surface area contributed by atoms with Crippen molar-refractivity contribution in [1.82, 2.24) is 10.6 Å². The van der Waals surface area contributed by atoms with Gasteiger partial charge in [0, 0.05) is 25.3 Å². The number of hydrogen-bond acceptors (Lipinski definition) is 7. The number of aromatic hydroxyl groups is 1. The minimum absolute atomic E-state index is 0.0501. The van der Waals surface area contributed by atoms with Gasteiger partial charge in [-0.25, -0.2) is 4.79 Å². The Morgan fingerprint density at radius 2 is 1.74 bits per heavy atom. The van der Waals surface area contributed by atoms with Gasteiger partial charge in [-0.05, 0) is 55.3 Å². The molecule has 0 heterocycles. The molecule has 192 valence electrons. The monoisotopic (exact) mass is 507 g/mol. The van der Waals surface area contributed by atoms with Crippen LogP contribution in [0.1, 0.15) is 25.7 Å². The van der Waals surface area contributed by atoms with Gasteiger partial charge in [0.1, 0.15) is 36.6 Å². The first-order valence-electron chi connectivity index (χ1n) is 11.9. The third kappa shape index (κ3) is 10.2. The van der Waals surface area contributed by atoms with Crippen molar-refractivity contribution in [2.45, 2.75) is 37.9 Å². The highest BCUT2D eigenvalue weighted by Crippen LogP contribution is 2.26. The molecular weight excluding hydrogens is 474 g/mol. The Labute approximate surface area is 210 Å². The first-order valence-corrected chi connectivity index (χ1v) is 12.3. The van der Waals surface area contributed by atoms with Gasteiger partial charge in [-0.15, -0.1) is 0 Å². The van der Waals surface area contributed by atoms with E-state index in [1.807, 2.05) is 12.1 Å². The van der Waals surface area contributed by atoms with Gasteiger partial charge in [0.2, 0.25) is 0 Å². The Kier molecular flexibility index (Phi) is 11.2. The van der Waals surface area contributed by atoms with E-state index in [-0.39, 0.29) is 17.4 Å². The van der Waals surface area contributed by atoms with E-state index in [1.165, 1.54) is 25.0 Å². The van der Waals surface area contributed by atoms with Crippen LogP contribution >= 0.6 is 11.6 Å². The van der Waals surface area contributed by atoms with Gasteiger partial charge in [-0.1, -0.05) is 24.4 Å². The van der Waals surface area contributed by atoms with E-state index in [4.69, 9.17) is 25.8 Å². The zero-order valence-corrected chi connectivity index (χ0v) is 20.4. The molecule has 1 aliphatic carbocycles. The van der Waals surface area contributed by atoms with Gasteiger partial charge >= 0.3 is 6.03 Å². The summed E-state index contributed by atoms with van der Waals surface area (Å²) in [7, 11) is 0. The summed E-state index contributed by atoms with van der Waals surface area (Å²) >= 11 is 5.81. The SMILES string of the molecule is O=C(NCCNCC(O)COc1ccc(OCCOC2CCCC2)cc1)Nc1ccc(O)c(Cl)c1. The maximum Gasteiger partial charge on any atom is 0.319 e. The maximum absolute atomic E-state index is 11.9. The van der Waals surface area contributed by atoms with Crippen LogP contribution in [0.5, 0.6) is 17.2 Å². The minimum Gasteiger partial charge on any atom is -0.506 e. The lowest BCUT2D eigenvalue weighted by Gasteiger charge is -2.14. The van der Waals surface area contributed by atoms with Gasteiger partial charge < -0.3 is 40.4 Å². The van der Waals surface area contributed by atoms with Crippen LogP contribution in [0.15, 0.2) is 42.5 Å². The number of phenols is 1. The second-order valence-corrected chi connectivity index (χ2v) is 8.72. The average molecular weight is 508 g/mol. The van der Waals surface area contributed by atoms with Gasteiger partial charge in [-0.2, -0.15) is 0 Å². The van der Waals surface area contributed by atoms with Crippen molar-refractivity contribution in [1.29, 1.82) is 0 Å². The van der Waals surface area contributed by atoms with E-state index in [2.05, 4.69) is 16.0 Å². The van der Waals surface area contributed by atoms with Crippen molar-refractivity contribution in [2.24, 2.45) is 0 Å². The van der Waals surface area contributed by atoms with Crippen LogP contribution in [0.25, 0.3) is 0 Å². The van der Waals surface area contributed by atoms with Crippen LogP contribution in [0.2, 0.25) is 5.02 Å². The maximum atomic E-state index is 11.9. The molecule has 1 saturated carbocycles. The number of carbonyl (C=O) groups excluding carboxylic acids is 1. The number of nitrogens with one attached hydrogen (secondary N) is 3. The normalized spacial score (nSPS) is 14.5. The van der Waals surface area contributed by atoms with Crippen LogP contribution in [-0.4, -0.2) is 67.9 Å². The van der Waals surface area contributed by atoms with Crippen molar-refractivity contribution in [3.05, 3.63) is 47.5 Å². The van der Waals surface area contributed by atoms with Crippen LogP contribution in [-0.2, 0) is 4.74 Å². The highest BCUT2D eigenvalue weighted by molar-refractivity contribution is 6.32. The molecule has 2 amide bonds. The average Bonchev–Trinajstić information content (AvgIpc) is 3.37. The quantitative estimate of drug-likeness (QED) is 0.196. The van der Waals surface area contributed by atoms with E-state index in [9.17, 15) is 15.0 Å². The lowest BCUT2D eigenvalue weighted by atomic mass is 10.3. The topological polar surface area (TPSA) is 121 Å². The molecule has 9 nitrogen and oxygen atoms in total. The number of phenolic OH excluding ortho intramolecular Hbond substituents is 1. The Morgan fingerprint density at radius 3 is 2.46 bits per heavy atom. The van der Waals surface area contributed by atoms with Gasteiger partial charge in [0.15, 0.2) is 0 Å². The van der Waals surface area contributed by atoms with Crippen molar-refractivity contribution >= 4 is 23.3 Å². The number of rotatable bonds is 14. The molecular formula is C25H34ClN3O6. The number of ether oxygens (including phenoxy) is 3. The molecule has 5 N–H and O–H groups in total. The van der Waals surface area contributed by atoms with Crippen molar-refractivity contribution < 1.29 is 29.2 Å². The molecule has 0 bridgehead atoms. The van der Waals surface area contributed by atoms with E-state index in [0.29, 0.717) is 50.4 Å². The number of aliphatic hydroxyl groups excluding tert-OH is 1. The van der Waals surface area contributed by atoms with Gasteiger partial charge in [0.25, 0.3) is 0 Å². The highest BCUT2D eigenvalue weighted by atomic mass is 35.5. The number of hydrogen-bond donors (Lipinski definition) is 5. The third-order valence-electron chi connectivity index (χ3n) is 5.45. The van der Waals surface area contributed by atoms with Crippen LogP contribution in [0.4, 0.5) is 10.5 Å². The van der Waals surface area contributed by atoms with Crippen molar-refractivity contribution in [3.63, 3.8) is 0 Å². The van der Waals surface area contributed by atoms with Gasteiger partial charge in [0.05, 0.1) is 17.7 Å². The predicted molar refractivity (Wildman–Crippen MR) is 135 cm³/mol. The number of amides is 2. The van der Waals surface area contributed by atoms with Crippen LogP contribution in [0, 0.1) is 0 Å². The zero-order valence-electron chi connectivity index (χ0n) is 19.7. The summed E-state index contributed by atoms with van der Waals surface area (Å²) in [5, 5.41) is 28.0. The first-order chi connectivity index (χ1) is 17.0. The summed E-state index contributed by atoms with van der Waals surface area (Å²) in [6.45, 7) is 2.39. The molecule has 1 fully saturated rings. The fourth-order valence-electron chi connectivity index (χ4n) is 3.61. The molecule has 0 spiro atoms. The summed E-state index contributed by atoms with van der Waals surface area (Å²) in [4.78, 5) is 11.9. The van der Waals surface area contributed by atoms with E-state index < -0.39 is 12.1 Å².